The highest BCUT2D eigenvalue weighted by molar-refractivity contribution is 5.85. The Morgan fingerprint density at radius 1 is 1.77 bits per heavy atom. The van der Waals surface area contributed by atoms with Crippen molar-refractivity contribution in [1.82, 2.24) is 15.0 Å². The molecule has 2 atom stereocenters. The Morgan fingerprint density at radius 2 is 2.46 bits per heavy atom. The molecule has 0 bridgehead atoms. The maximum absolute atomic E-state index is 11.5. The Hall–Kier alpha value is -1.19. The van der Waals surface area contributed by atoms with Crippen LogP contribution in [0.15, 0.2) is 6.20 Å². The summed E-state index contributed by atoms with van der Waals surface area (Å²) in [7, 11) is 1.81. The van der Waals surface area contributed by atoms with E-state index >= 15 is 0 Å². The fourth-order valence-corrected chi connectivity index (χ4v) is 1.56. The number of carbonyl (C=O) groups is 1. The van der Waals surface area contributed by atoms with Gasteiger partial charge in [0.1, 0.15) is 5.78 Å². The molecule has 0 spiro atoms. The second-order valence-electron chi connectivity index (χ2n) is 3.85. The third-order valence-electron chi connectivity index (χ3n) is 2.53. The summed E-state index contributed by atoms with van der Waals surface area (Å²) in [6.07, 6.45) is 3.30. The molecule has 4 nitrogen and oxygen atoms in total. The van der Waals surface area contributed by atoms with Crippen LogP contribution in [0.3, 0.4) is 0 Å². The van der Waals surface area contributed by atoms with Crippen molar-refractivity contribution in [2.45, 2.75) is 19.8 Å². The molecule has 0 aromatic carbocycles. The molecule has 0 aliphatic heterocycles. The Kier molecular flexibility index (Phi) is 1.90. The Balaban J connectivity index is 1.95. The van der Waals surface area contributed by atoms with Crippen LogP contribution in [-0.4, -0.2) is 20.8 Å². The van der Waals surface area contributed by atoms with Crippen LogP contribution in [0, 0.1) is 11.8 Å². The highest BCUT2D eigenvalue weighted by Crippen LogP contribution is 2.38. The molecule has 0 radical (unpaired) electrons. The first-order valence-electron chi connectivity index (χ1n) is 4.54. The van der Waals surface area contributed by atoms with E-state index in [4.69, 9.17) is 0 Å². The lowest BCUT2D eigenvalue weighted by molar-refractivity contribution is -0.119. The van der Waals surface area contributed by atoms with Crippen molar-refractivity contribution in [3.05, 3.63) is 11.9 Å². The van der Waals surface area contributed by atoms with Crippen LogP contribution in [0.1, 0.15) is 19.0 Å². The number of ketones is 1. The predicted molar refractivity (Wildman–Crippen MR) is 47.0 cm³/mol. The van der Waals surface area contributed by atoms with Crippen LogP contribution in [0.2, 0.25) is 0 Å². The molecule has 13 heavy (non-hydrogen) atoms. The average molecular weight is 179 g/mol. The van der Waals surface area contributed by atoms with Crippen molar-refractivity contribution < 1.29 is 4.79 Å². The number of nitrogens with zero attached hydrogens (tertiary/aromatic N) is 3. The molecule has 1 aromatic rings. The van der Waals surface area contributed by atoms with E-state index in [0.29, 0.717) is 24.0 Å². The van der Waals surface area contributed by atoms with Gasteiger partial charge in [-0.05, 0) is 12.3 Å². The molecule has 0 N–H and O–H groups in total. The molecule has 1 saturated carbocycles. The molecular weight excluding hydrogens is 166 g/mol. The van der Waals surface area contributed by atoms with Crippen LogP contribution in [-0.2, 0) is 18.3 Å². The molecule has 1 aliphatic rings. The summed E-state index contributed by atoms with van der Waals surface area (Å²) in [5, 5.41) is 7.67. The quantitative estimate of drug-likeness (QED) is 0.682. The number of carbonyl (C=O) groups excluding carboxylic acids is 1. The average Bonchev–Trinajstić information content (AvgIpc) is 2.66. The molecule has 4 heteroatoms. The van der Waals surface area contributed by atoms with E-state index < -0.39 is 0 Å². The van der Waals surface area contributed by atoms with Gasteiger partial charge in [0.25, 0.3) is 0 Å². The first-order chi connectivity index (χ1) is 6.16. The number of Topliss-reactive ketones (excluding diaryl/α,β-unsaturated/α-hetero) is 1. The van der Waals surface area contributed by atoms with Crippen LogP contribution < -0.4 is 0 Å². The number of rotatable bonds is 3. The minimum atomic E-state index is 0.294. The molecule has 0 amide bonds. The second kappa shape index (κ2) is 2.94. The van der Waals surface area contributed by atoms with E-state index in [1.807, 2.05) is 0 Å². The lowest BCUT2D eigenvalue weighted by Gasteiger charge is -1.93. The van der Waals surface area contributed by atoms with Crippen molar-refractivity contribution in [1.29, 1.82) is 0 Å². The Morgan fingerprint density at radius 3 is 2.92 bits per heavy atom. The third-order valence-corrected chi connectivity index (χ3v) is 2.53. The first kappa shape index (κ1) is 8.41. The molecule has 1 aromatic heterocycles. The Bertz CT molecular complexity index is 331. The van der Waals surface area contributed by atoms with Crippen molar-refractivity contribution in [2.75, 3.05) is 0 Å². The van der Waals surface area contributed by atoms with Crippen LogP contribution in [0.4, 0.5) is 0 Å². The van der Waals surface area contributed by atoms with Gasteiger partial charge in [0.2, 0.25) is 0 Å². The monoisotopic (exact) mass is 179 g/mol. The molecule has 2 rings (SSSR count). The van der Waals surface area contributed by atoms with Gasteiger partial charge in [-0.15, -0.1) is 5.10 Å². The van der Waals surface area contributed by atoms with E-state index in [1.54, 1.807) is 17.9 Å². The van der Waals surface area contributed by atoms with Gasteiger partial charge in [-0.3, -0.25) is 9.48 Å². The van der Waals surface area contributed by atoms with Gasteiger partial charge in [-0.1, -0.05) is 12.1 Å². The summed E-state index contributed by atoms with van der Waals surface area (Å²) in [6, 6.07) is 0. The SMILES string of the molecule is CC1CC1C(=O)Cc1cn(C)nn1. The smallest absolute Gasteiger partial charge is 0.142 e. The number of hydrogen-bond acceptors (Lipinski definition) is 3. The van der Waals surface area contributed by atoms with Crippen LogP contribution in [0.5, 0.6) is 0 Å². The minimum Gasteiger partial charge on any atom is -0.299 e. The standard InChI is InChI=1S/C9H13N3O/c1-6-3-8(6)9(13)4-7-5-12(2)11-10-7/h5-6,8H,3-4H2,1-2H3. The summed E-state index contributed by atoms with van der Waals surface area (Å²) >= 11 is 0. The molecular formula is C9H13N3O. The van der Waals surface area contributed by atoms with Crippen molar-refractivity contribution in [3.63, 3.8) is 0 Å². The molecule has 1 fully saturated rings. The van der Waals surface area contributed by atoms with Crippen molar-refractivity contribution >= 4 is 5.78 Å². The maximum Gasteiger partial charge on any atom is 0.142 e. The lowest BCUT2D eigenvalue weighted by atomic mass is 10.1. The van der Waals surface area contributed by atoms with E-state index in [-0.39, 0.29) is 0 Å². The van der Waals surface area contributed by atoms with Crippen molar-refractivity contribution in [3.8, 4) is 0 Å². The highest BCUT2D eigenvalue weighted by atomic mass is 16.1. The van der Waals surface area contributed by atoms with Gasteiger partial charge in [0.15, 0.2) is 0 Å². The van der Waals surface area contributed by atoms with E-state index in [0.717, 1.165) is 12.1 Å². The second-order valence-corrected chi connectivity index (χ2v) is 3.85. The third kappa shape index (κ3) is 1.76. The minimum absolute atomic E-state index is 0.294. The fraction of sp³-hybridized carbons (Fsp3) is 0.667. The number of aromatic nitrogens is 3. The zero-order chi connectivity index (χ0) is 9.42. The molecule has 1 heterocycles. The summed E-state index contributed by atoms with van der Waals surface area (Å²) in [4.78, 5) is 11.5. The summed E-state index contributed by atoms with van der Waals surface area (Å²) in [5.41, 5.74) is 0.784. The zero-order valence-electron chi connectivity index (χ0n) is 7.90. The van der Waals surface area contributed by atoms with E-state index in [2.05, 4.69) is 17.2 Å². The van der Waals surface area contributed by atoms with Gasteiger partial charge < -0.3 is 0 Å². The van der Waals surface area contributed by atoms with Gasteiger partial charge in [0.05, 0.1) is 12.1 Å². The molecule has 2 unspecified atom stereocenters. The molecule has 1 aliphatic carbocycles. The number of aryl methyl sites for hydroxylation is 1. The fourth-order valence-electron chi connectivity index (χ4n) is 1.56. The predicted octanol–water partition coefficient (Wildman–Crippen LogP) is 0.583. The first-order valence-corrected chi connectivity index (χ1v) is 4.54. The van der Waals surface area contributed by atoms with Gasteiger partial charge in [0, 0.05) is 19.2 Å². The summed E-state index contributed by atoms with van der Waals surface area (Å²) in [6.45, 7) is 2.11. The van der Waals surface area contributed by atoms with Gasteiger partial charge in [-0.25, -0.2) is 0 Å². The normalized spacial score (nSPS) is 26.0. The van der Waals surface area contributed by atoms with Gasteiger partial charge in [-0.2, -0.15) is 0 Å². The lowest BCUT2D eigenvalue weighted by Crippen LogP contribution is -2.06. The zero-order valence-corrected chi connectivity index (χ0v) is 7.90. The van der Waals surface area contributed by atoms with E-state index in [9.17, 15) is 4.79 Å². The largest absolute Gasteiger partial charge is 0.299 e. The highest BCUT2D eigenvalue weighted by Gasteiger charge is 2.38. The van der Waals surface area contributed by atoms with Gasteiger partial charge >= 0.3 is 0 Å². The Labute approximate surface area is 76.9 Å². The molecule has 0 saturated heterocycles. The maximum atomic E-state index is 11.5. The van der Waals surface area contributed by atoms with Crippen LogP contribution in [0.25, 0.3) is 0 Å². The summed E-state index contributed by atoms with van der Waals surface area (Å²) < 4.78 is 1.62. The number of hydrogen-bond donors (Lipinski definition) is 0. The topological polar surface area (TPSA) is 47.8 Å². The van der Waals surface area contributed by atoms with E-state index in [1.165, 1.54) is 0 Å². The summed E-state index contributed by atoms with van der Waals surface area (Å²) in [5.74, 6) is 1.19. The van der Waals surface area contributed by atoms with Crippen molar-refractivity contribution in [2.24, 2.45) is 18.9 Å². The van der Waals surface area contributed by atoms with Crippen LogP contribution >= 0.6 is 0 Å². The molecule has 70 valence electrons.